The molecular weight excluding hydrogens is 364 g/mol. The summed E-state index contributed by atoms with van der Waals surface area (Å²) < 4.78 is 5.18. The number of amides is 2. The molecule has 3 aromatic carbocycles. The van der Waals surface area contributed by atoms with Crippen molar-refractivity contribution >= 4 is 28.8 Å². The molecule has 0 unspecified atom stereocenters. The van der Waals surface area contributed by atoms with Crippen LogP contribution in [0.15, 0.2) is 84.6 Å². The zero-order valence-corrected chi connectivity index (χ0v) is 16.2. The lowest BCUT2D eigenvalue weighted by molar-refractivity contribution is -0.120. The van der Waals surface area contributed by atoms with E-state index in [4.69, 9.17) is 4.74 Å². The van der Waals surface area contributed by atoms with Crippen LogP contribution in [0.5, 0.6) is 5.75 Å². The highest BCUT2D eigenvalue weighted by Crippen LogP contribution is 2.34. The van der Waals surface area contributed by atoms with Crippen LogP contribution >= 0.6 is 0 Å². The molecule has 3 aromatic rings. The van der Waals surface area contributed by atoms with Crippen LogP contribution < -0.4 is 15.0 Å². The van der Waals surface area contributed by atoms with Gasteiger partial charge in [0.25, 0.3) is 11.8 Å². The minimum Gasteiger partial charge on any atom is -0.497 e. The van der Waals surface area contributed by atoms with Gasteiger partial charge in [-0.3, -0.25) is 9.59 Å². The largest absolute Gasteiger partial charge is 0.497 e. The maximum absolute atomic E-state index is 13.3. The molecule has 144 valence electrons. The summed E-state index contributed by atoms with van der Waals surface area (Å²) in [5.74, 6) is -0.0162. The summed E-state index contributed by atoms with van der Waals surface area (Å²) in [6.45, 7) is 1.96. The van der Waals surface area contributed by atoms with Crippen molar-refractivity contribution in [2.45, 2.75) is 6.92 Å². The number of nitrogens with zero attached hydrogens (tertiary/aromatic N) is 1. The highest BCUT2D eigenvalue weighted by molar-refractivity contribution is 6.46. The number of carbonyl (C=O) groups is 2. The Balaban J connectivity index is 1.77. The van der Waals surface area contributed by atoms with Gasteiger partial charge >= 0.3 is 0 Å². The SMILES string of the molecule is COc1ccc(NC2=C(c3ccccc3)C(=O)N(c3ccc(C)cc3)C2=O)cc1. The molecule has 0 radical (unpaired) electrons. The Kier molecular flexibility index (Phi) is 4.87. The molecule has 0 saturated carbocycles. The van der Waals surface area contributed by atoms with Crippen LogP contribution in [0, 0.1) is 6.92 Å². The first-order chi connectivity index (χ1) is 14.1. The number of carbonyl (C=O) groups excluding carboxylic acids is 2. The number of anilines is 2. The number of ether oxygens (including phenoxy) is 1. The fourth-order valence-corrected chi connectivity index (χ4v) is 3.27. The predicted octanol–water partition coefficient (Wildman–Crippen LogP) is 4.40. The molecule has 5 heteroatoms. The van der Waals surface area contributed by atoms with Crippen molar-refractivity contribution in [2.75, 3.05) is 17.3 Å². The molecule has 4 rings (SSSR count). The van der Waals surface area contributed by atoms with E-state index in [9.17, 15) is 9.59 Å². The third kappa shape index (κ3) is 3.50. The Hall–Kier alpha value is -3.86. The number of benzene rings is 3. The molecule has 0 aliphatic carbocycles. The van der Waals surface area contributed by atoms with E-state index in [1.165, 1.54) is 4.90 Å². The standard InChI is InChI=1S/C24H20N2O3/c1-16-8-12-19(13-9-16)26-23(27)21(17-6-4-3-5-7-17)22(24(26)28)25-18-10-14-20(29-2)15-11-18/h3-15,25H,1-2H3. The molecule has 2 amide bonds. The molecule has 1 N–H and O–H groups in total. The van der Waals surface area contributed by atoms with Crippen LogP contribution in [0.2, 0.25) is 0 Å². The Morgan fingerprint density at radius 2 is 1.45 bits per heavy atom. The maximum Gasteiger partial charge on any atom is 0.282 e. The van der Waals surface area contributed by atoms with E-state index < -0.39 is 0 Å². The summed E-state index contributed by atoms with van der Waals surface area (Å²) in [7, 11) is 1.59. The number of imide groups is 1. The van der Waals surface area contributed by atoms with Gasteiger partial charge in [0, 0.05) is 5.69 Å². The summed E-state index contributed by atoms with van der Waals surface area (Å²) in [5.41, 5.74) is 3.60. The van der Waals surface area contributed by atoms with Crippen LogP contribution in [0.4, 0.5) is 11.4 Å². The van der Waals surface area contributed by atoms with E-state index in [2.05, 4.69) is 5.32 Å². The topological polar surface area (TPSA) is 58.6 Å². The van der Waals surface area contributed by atoms with E-state index in [0.717, 1.165) is 5.56 Å². The van der Waals surface area contributed by atoms with E-state index in [-0.39, 0.29) is 17.5 Å². The Bertz CT molecular complexity index is 1090. The van der Waals surface area contributed by atoms with Gasteiger partial charge in [-0.1, -0.05) is 48.0 Å². The van der Waals surface area contributed by atoms with Gasteiger partial charge in [-0.25, -0.2) is 4.90 Å². The van der Waals surface area contributed by atoms with Gasteiger partial charge in [0.2, 0.25) is 0 Å². The normalized spacial score (nSPS) is 13.8. The molecule has 1 heterocycles. The maximum atomic E-state index is 13.3. The molecule has 5 nitrogen and oxygen atoms in total. The van der Waals surface area contributed by atoms with Crippen molar-refractivity contribution in [3.05, 3.63) is 95.7 Å². The zero-order chi connectivity index (χ0) is 20.4. The molecule has 0 spiro atoms. The second kappa shape index (κ2) is 7.64. The third-order valence-corrected chi connectivity index (χ3v) is 4.80. The zero-order valence-electron chi connectivity index (χ0n) is 16.2. The average molecular weight is 384 g/mol. The number of hydrogen-bond donors (Lipinski definition) is 1. The Morgan fingerprint density at radius 3 is 2.07 bits per heavy atom. The predicted molar refractivity (Wildman–Crippen MR) is 114 cm³/mol. The van der Waals surface area contributed by atoms with Crippen molar-refractivity contribution in [1.29, 1.82) is 0 Å². The van der Waals surface area contributed by atoms with Crippen LogP contribution in [0.25, 0.3) is 5.57 Å². The van der Waals surface area contributed by atoms with Crippen molar-refractivity contribution in [3.8, 4) is 5.75 Å². The van der Waals surface area contributed by atoms with Crippen LogP contribution in [0.1, 0.15) is 11.1 Å². The van der Waals surface area contributed by atoms with Gasteiger partial charge in [-0.05, 0) is 48.9 Å². The lowest BCUT2D eigenvalue weighted by Gasteiger charge is -2.15. The van der Waals surface area contributed by atoms with Crippen LogP contribution in [-0.2, 0) is 9.59 Å². The molecule has 1 aliphatic heterocycles. The molecule has 0 saturated heterocycles. The van der Waals surface area contributed by atoms with E-state index in [0.29, 0.717) is 28.3 Å². The van der Waals surface area contributed by atoms with Gasteiger partial charge in [-0.2, -0.15) is 0 Å². The summed E-state index contributed by atoms with van der Waals surface area (Å²) >= 11 is 0. The summed E-state index contributed by atoms with van der Waals surface area (Å²) in [5, 5.41) is 3.14. The number of aryl methyl sites for hydroxylation is 1. The number of hydrogen-bond acceptors (Lipinski definition) is 4. The van der Waals surface area contributed by atoms with Crippen LogP contribution in [0.3, 0.4) is 0 Å². The van der Waals surface area contributed by atoms with Crippen LogP contribution in [-0.4, -0.2) is 18.9 Å². The second-order valence-electron chi connectivity index (χ2n) is 6.75. The van der Waals surface area contributed by atoms with Gasteiger partial charge in [0.05, 0.1) is 18.4 Å². The molecule has 0 aromatic heterocycles. The summed E-state index contributed by atoms with van der Waals surface area (Å²) in [6, 6.07) is 23.8. The number of rotatable bonds is 5. The van der Waals surface area contributed by atoms with Crippen molar-refractivity contribution in [2.24, 2.45) is 0 Å². The van der Waals surface area contributed by atoms with Gasteiger partial charge < -0.3 is 10.1 Å². The molecule has 1 aliphatic rings. The van der Waals surface area contributed by atoms with E-state index in [1.807, 2.05) is 49.4 Å². The highest BCUT2D eigenvalue weighted by Gasteiger charge is 2.40. The lowest BCUT2D eigenvalue weighted by Crippen LogP contribution is -2.32. The molecule has 0 fully saturated rings. The minimum absolute atomic E-state index is 0.256. The number of methoxy groups -OCH3 is 1. The smallest absolute Gasteiger partial charge is 0.282 e. The lowest BCUT2D eigenvalue weighted by atomic mass is 10.0. The Labute approximate surface area is 169 Å². The molecular formula is C24H20N2O3. The monoisotopic (exact) mass is 384 g/mol. The molecule has 29 heavy (non-hydrogen) atoms. The number of nitrogens with one attached hydrogen (secondary N) is 1. The Morgan fingerprint density at radius 1 is 0.793 bits per heavy atom. The highest BCUT2D eigenvalue weighted by atomic mass is 16.5. The first kappa shape index (κ1) is 18.5. The van der Waals surface area contributed by atoms with Crippen molar-refractivity contribution < 1.29 is 14.3 Å². The molecule has 0 bridgehead atoms. The first-order valence-electron chi connectivity index (χ1n) is 9.24. The molecule has 0 atom stereocenters. The van der Waals surface area contributed by atoms with Crippen molar-refractivity contribution in [1.82, 2.24) is 0 Å². The summed E-state index contributed by atoms with van der Waals surface area (Å²) in [4.78, 5) is 27.8. The van der Waals surface area contributed by atoms with E-state index >= 15 is 0 Å². The van der Waals surface area contributed by atoms with Gasteiger partial charge in [-0.15, -0.1) is 0 Å². The fourth-order valence-electron chi connectivity index (χ4n) is 3.27. The second-order valence-corrected chi connectivity index (χ2v) is 6.75. The van der Waals surface area contributed by atoms with E-state index in [1.54, 1.807) is 43.5 Å². The first-order valence-corrected chi connectivity index (χ1v) is 9.24. The summed E-state index contributed by atoms with van der Waals surface area (Å²) in [6.07, 6.45) is 0. The quantitative estimate of drug-likeness (QED) is 0.663. The average Bonchev–Trinajstić information content (AvgIpc) is 2.99. The minimum atomic E-state index is -0.381. The van der Waals surface area contributed by atoms with Gasteiger partial charge in [0.1, 0.15) is 11.4 Å². The van der Waals surface area contributed by atoms with Crippen molar-refractivity contribution in [3.63, 3.8) is 0 Å². The van der Waals surface area contributed by atoms with Gasteiger partial charge in [0.15, 0.2) is 0 Å². The third-order valence-electron chi connectivity index (χ3n) is 4.80. The fraction of sp³-hybridized carbons (Fsp3) is 0.0833.